The lowest BCUT2D eigenvalue weighted by molar-refractivity contribution is 0.0978. The first-order chi connectivity index (χ1) is 13.3. The zero-order valence-corrected chi connectivity index (χ0v) is 17.4. The Hall–Kier alpha value is -1.57. The van der Waals surface area contributed by atoms with Gasteiger partial charge in [0.05, 0.1) is 0 Å². The number of para-hydroxylation sites is 1. The summed E-state index contributed by atoms with van der Waals surface area (Å²) in [6.07, 6.45) is 14.6. The van der Waals surface area contributed by atoms with Gasteiger partial charge in [-0.25, -0.2) is 0 Å². The van der Waals surface area contributed by atoms with Crippen LogP contribution in [0.5, 0.6) is 0 Å². The van der Waals surface area contributed by atoms with Crippen LogP contribution in [0.2, 0.25) is 0 Å². The van der Waals surface area contributed by atoms with E-state index in [2.05, 4.69) is 42.7 Å². The molecule has 1 aromatic carbocycles. The van der Waals surface area contributed by atoms with E-state index >= 15 is 0 Å². The van der Waals surface area contributed by atoms with Crippen molar-refractivity contribution in [1.82, 2.24) is 4.57 Å². The molecule has 2 heteroatoms. The van der Waals surface area contributed by atoms with Crippen molar-refractivity contribution in [1.29, 1.82) is 0 Å². The fourth-order valence-corrected chi connectivity index (χ4v) is 4.98. The lowest BCUT2D eigenvalue weighted by atomic mass is 9.95. The highest BCUT2D eigenvalue weighted by Gasteiger charge is 2.22. The number of unbranched alkanes of at least 4 members (excludes halogenated alkanes) is 3. The molecule has 0 aliphatic heterocycles. The summed E-state index contributed by atoms with van der Waals surface area (Å²) in [6.45, 7) is 5.40. The third kappa shape index (κ3) is 4.83. The molecule has 0 saturated heterocycles. The van der Waals surface area contributed by atoms with E-state index in [1.165, 1.54) is 74.4 Å². The van der Waals surface area contributed by atoms with Crippen molar-refractivity contribution in [2.75, 3.05) is 0 Å². The summed E-state index contributed by atoms with van der Waals surface area (Å²) in [5.74, 6) is 1.25. The fourth-order valence-electron chi connectivity index (χ4n) is 4.98. The molecule has 0 N–H and O–H groups in total. The number of carbonyl (C=O) groups excluding carboxylic acids is 1. The molecule has 2 nitrogen and oxygen atoms in total. The fraction of sp³-hybridized carbons (Fsp3) is 0.640. The van der Waals surface area contributed by atoms with Crippen LogP contribution < -0.4 is 0 Å². The molecule has 1 saturated carbocycles. The number of Topliss-reactive ketones (excluding diaryl/α,β-unsaturated/α-hetero) is 1. The van der Waals surface area contributed by atoms with Crippen molar-refractivity contribution in [2.45, 2.75) is 97.4 Å². The number of benzene rings is 1. The van der Waals surface area contributed by atoms with Gasteiger partial charge in [-0.1, -0.05) is 76.5 Å². The predicted octanol–water partition coefficient (Wildman–Crippen LogP) is 7.33. The summed E-state index contributed by atoms with van der Waals surface area (Å²) in [6, 6.07) is 8.52. The molecule has 0 radical (unpaired) electrons. The largest absolute Gasteiger partial charge is 0.344 e. The van der Waals surface area contributed by atoms with Crippen molar-refractivity contribution in [3.63, 3.8) is 0 Å². The van der Waals surface area contributed by atoms with Crippen LogP contribution in [0.4, 0.5) is 0 Å². The van der Waals surface area contributed by atoms with Gasteiger partial charge in [0, 0.05) is 35.1 Å². The van der Waals surface area contributed by atoms with Crippen LogP contribution in [0.25, 0.3) is 10.9 Å². The van der Waals surface area contributed by atoms with Crippen molar-refractivity contribution < 1.29 is 4.79 Å². The normalized spacial score (nSPS) is 15.0. The average molecular weight is 368 g/mol. The second-order valence-corrected chi connectivity index (χ2v) is 8.36. The first-order valence-electron chi connectivity index (χ1n) is 11.4. The van der Waals surface area contributed by atoms with Gasteiger partial charge in [-0.3, -0.25) is 4.79 Å². The maximum absolute atomic E-state index is 13.3. The Morgan fingerprint density at radius 3 is 2.56 bits per heavy atom. The Morgan fingerprint density at radius 1 is 1.04 bits per heavy atom. The Bertz CT molecular complexity index is 736. The molecule has 1 heterocycles. The summed E-state index contributed by atoms with van der Waals surface area (Å²) in [4.78, 5) is 13.3. The predicted molar refractivity (Wildman–Crippen MR) is 116 cm³/mol. The summed E-state index contributed by atoms with van der Waals surface area (Å²) < 4.78 is 2.39. The van der Waals surface area contributed by atoms with E-state index in [1.807, 2.05) is 0 Å². The topological polar surface area (TPSA) is 22.0 Å². The van der Waals surface area contributed by atoms with Crippen LogP contribution in [-0.2, 0) is 13.0 Å². The minimum Gasteiger partial charge on any atom is -0.344 e. The zero-order valence-electron chi connectivity index (χ0n) is 17.4. The number of ketones is 1. The van der Waals surface area contributed by atoms with Crippen LogP contribution in [-0.4, -0.2) is 10.4 Å². The Kier molecular flexibility index (Phi) is 7.55. The molecular weight excluding hydrogens is 330 g/mol. The van der Waals surface area contributed by atoms with Crippen LogP contribution in [0.15, 0.2) is 24.3 Å². The highest BCUT2D eigenvalue weighted by molar-refractivity contribution is 6.09. The SMILES string of the molecule is CCCCCCc1c(C(=O)CCCC2CCCC2)c2ccccc2n1CC. The molecule has 1 fully saturated rings. The third-order valence-corrected chi connectivity index (χ3v) is 6.43. The van der Waals surface area contributed by atoms with Crippen LogP contribution in [0.1, 0.15) is 101 Å². The molecule has 0 unspecified atom stereocenters. The Morgan fingerprint density at radius 2 is 1.81 bits per heavy atom. The minimum absolute atomic E-state index is 0.377. The molecule has 0 spiro atoms. The van der Waals surface area contributed by atoms with Crippen molar-refractivity contribution >= 4 is 16.7 Å². The van der Waals surface area contributed by atoms with E-state index < -0.39 is 0 Å². The summed E-state index contributed by atoms with van der Waals surface area (Å²) in [5, 5.41) is 1.18. The number of aryl methyl sites for hydroxylation is 1. The van der Waals surface area contributed by atoms with Gasteiger partial charge < -0.3 is 4.57 Å². The standard InChI is InChI=1S/C25H37NO/c1-3-5-6-7-18-23-25(21-16-10-11-17-22(21)26(23)4-2)24(27)19-12-15-20-13-8-9-14-20/h10-11,16-17,20H,3-9,12-15,18-19H2,1-2H3. The van der Waals surface area contributed by atoms with Gasteiger partial charge in [-0.05, 0) is 38.2 Å². The van der Waals surface area contributed by atoms with E-state index in [4.69, 9.17) is 0 Å². The second-order valence-electron chi connectivity index (χ2n) is 8.36. The maximum atomic E-state index is 13.3. The molecule has 1 aliphatic carbocycles. The minimum atomic E-state index is 0.377. The van der Waals surface area contributed by atoms with Gasteiger partial charge in [-0.15, -0.1) is 0 Å². The third-order valence-electron chi connectivity index (χ3n) is 6.43. The van der Waals surface area contributed by atoms with E-state index in [0.29, 0.717) is 5.78 Å². The van der Waals surface area contributed by atoms with Crippen LogP contribution >= 0.6 is 0 Å². The molecule has 2 aromatic rings. The van der Waals surface area contributed by atoms with Crippen molar-refractivity contribution in [3.05, 3.63) is 35.5 Å². The summed E-state index contributed by atoms with van der Waals surface area (Å²) >= 11 is 0. The van der Waals surface area contributed by atoms with Crippen LogP contribution in [0.3, 0.4) is 0 Å². The Labute approximate surface area is 165 Å². The first kappa shape index (κ1) is 20.2. The van der Waals surface area contributed by atoms with E-state index in [-0.39, 0.29) is 0 Å². The highest BCUT2D eigenvalue weighted by Crippen LogP contribution is 2.32. The lowest BCUT2D eigenvalue weighted by Crippen LogP contribution is -2.08. The Balaban J connectivity index is 1.78. The maximum Gasteiger partial charge on any atom is 0.165 e. The number of carbonyl (C=O) groups is 1. The molecule has 0 bridgehead atoms. The number of hydrogen-bond acceptors (Lipinski definition) is 1. The first-order valence-corrected chi connectivity index (χ1v) is 11.4. The van der Waals surface area contributed by atoms with Crippen LogP contribution in [0, 0.1) is 5.92 Å². The molecular formula is C25H37NO. The lowest BCUT2D eigenvalue weighted by Gasteiger charge is -2.11. The summed E-state index contributed by atoms with van der Waals surface area (Å²) in [7, 11) is 0. The molecule has 1 aromatic heterocycles. The highest BCUT2D eigenvalue weighted by atomic mass is 16.1. The monoisotopic (exact) mass is 367 g/mol. The van der Waals surface area contributed by atoms with Gasteiger partial charge in [0.25, 0.3) is 0 Å². The second kappa shape index (κ2) is 10.1. The number of hydrogen-bond donors (Lipinski definition) is 0. The molecule has 27 heavy (non-hydrogen) atoms. The number of fused-ring (bicyclic) bond motifs is 1. The summed E-state index contributed by atoms with van der Waals surface area (Å²) in [5.41, 5.74) is 3.57. The molecule has 0 amide bonds. The molecule has 0 atom stereocenters. The quantitative estimate of drug-likeness (QED) is 0.301. The van der Waals surface area contributed by atoms with Gasteiger partial charge in [0.1, 0.15) is 0 Å². The number of aromatic nitrogens is 1. The van der Waals surface area contributed by atoms with E-state index in [0.717, 1.165) is 37.3 Å². The average Bonchev–Trinajstić information content (AvgIpc) is 3.30. The van der Waals surface area contributed by atoms with Gasteiger partial charge >= 0.3 is 0 Å². The van der Waals surface area contributed by atoms with Crippen molar-refractivity contribution in [3.8, 4) is 0 Å². The van der Waals surface area contributed by atoms with E-state index in [9.17, 15) is 4.79 Å². The number of nitrogens with zero attached hydrogens (tertiary/aromatic N) is 1. The number of rotatable bonds is 11. The molecule has 1 aliphatic rings. The van der Waals surface area contributed by atoms with Gasteiger partial charge in [-0.2, -0.15) is 0 Å². The van der Waals surface area contributed by atoms with Crippen molar-refractivity contribution in [2.24, 2.45) is 5.92 Å². The molecule has 148 valence electrons. The van der Waals surface area contributed by atoms with Gasteiger partial charge in [0.15, 0.2) is 5.78 Å². The van der Waals surface area contributed by atoms with Gasteiger partial charge in [0.2, 0.25) is 0 Å². The molecule has 3 rings (SSSR count). The zero-order chi connectivity index (χ0) is 19.1. The van der Waals surface area contributed by atoms with E-state index in [1.54, 1.807) is 0 Å². The smallest absolute Gasteiger partial charge is 0.165 e.